The minimum absolute atomic E-state index is 0.0955. The standard InChI is InChI=1S/C18H19N3O5/c1-5-26-18(25)14-13-15(21(19-14)11(4)22)17(24)20(16(13)23)12-7-6-9(2)8-10(12)3/h6-8,13,15H,5H2,1-4H3/t13-,15+/m0/s1. The second-order valence-electron chi connectivity index (χ2n) is 6.29. The number of esters is 1. The van der Waals surface area contributed by atoms with Crippen molar-refractivity contribution in [2.24, 2.45) is 11.0 Å². The van der Waals surface area contributed by atoms with Gasteiger partial charge in [0, 0.05) is 6.92 Å². The van der Waals surface area contributed by atoms with Gasteiger partial charge in [0.15, 0.2) is 11.8 Å². The molecule has 3 amide bonds. The summed E-state index contributed by atoms with van der Waals surface area (Å²) < 4.78 is 4.94. The summed E-state index contributed by atoms with van der Waals surface area (Å²) in [5.41, 5.74) is 1.96. The molecule has 8 nitrogen and oxygen atoms in total. The fourth-order valence-corrected chi connectivity index (χ4v) is 3.34. The summed E-state index contributed by atoms with van der Waals surface area (Å²) >= 11 is 0. The van der Waals surface area contributed by atoms with Gasteiger partial charge in [0.05, 0.1) is 12.3 Å². The summed E-state index contributed by atoms with van der Waals surface area (Å²) in [4.78, 5) is 51.1. The maximum atomic E-state index is 13.0. The number of imide groups is 1. The number of benzene rings is 1. The minimum atomic E-state index is -1.15. The molecule has 0 aliphatic carbocycles. The highest BCUT2D eigenvalue weighted by atomic mass is 16.5. The smallest absolute Gasteiger partial charge is 0.355 e. The third-order valence-corrected chi connectivity index (χ3v) is 4.45. The molecule has 1 aromatic rings. The van der Waals surface area contributed by atoms with Crippen LogP contribution in [0, 0.1) is 19.8 Å². The predicted molar refractivity (Wildman–Crippen MR) is 92.3 cm³/mol. The first-order chi connectivity index (χ1) is 12.3. The zero-order chi connectivity index (χ0) is 19.2. The summed E-state index contributed by atoms with van der Waals surface area (Å²) in [7, 11) is 0. The van der Waals surface area contributed by atoms with E-state index in [9.17, 15) is 19.2 Å². The number of rotatable bonds is 3. The molecule has 1 saturated heterocycles. The molecule has 136 valence electrons. The van der Waals surface area contributed by atoms with Gasteiger partial charge in [0.2, 0.25) is 11.8 Å². The van der Waals surface area contributed by atoms with Crippen molar-refractivity contribution in [3.8, 4) is 0 Å². The van der Waals surface area contributed by atoms with Crippen LogP contribution in [0.1, 0.15) is 25.0 Å². The van der Waals surface area contributed by atoms with Gasteiger partial charge in [-0.1, -0.05) is 17.7 Å². The van der Waals surface area contributed by atoms with E-state index in [4.69, 9.17) is 4.74 Å². The van der Waals surface area contributed by atoms with Crippen LogP contribution < -0.4 is 4.90 Å². The van der Waals surface area contributed by atoms with E-state index in [2.05, 4.69) is 5.10 Å². The fraction of sp³-hybridized carbons (Fsp3) is 0.389. The van der Waals surface area contributed by atoms with Crippen LogP contribution >= 0.6 is 0 Å². The first-order valence-corrected chi connectivity index (χ1v) is 8.28. The summed E-state index contributed by atoms with van der Waals surface area (Å²) in [5.74, 6) is -3.63. The number of carbonyl (C=O) groups is 4. The average Bonchev–Trinajstić information content (AvgIpc) is 3.07. The highest BCUT2D eigenvalue weighted by Crippen LogP contribution is 2.36. The van der Waals surface area contributed by atoms with Crippen molar-refractivity contribution in [3.05, 3.63) is 29.3 Å². The molecule has 3 rings (SSSR count). The maximum absolute atomic E-state index is 13.0. The molecular formula is C18H19N3O5. The third kappa shape index (κ3) is 2.58. The molecule has 1 aromatic carbocycles. The molecule has 2 atom stereocenters. The Balaban J connectivity index is 2.06. The summed E-state index contributed by atoms with van der Waals surface area (Å²) in [6.07, 6.45) is 0. The Morgan fingerprint density at radius 2 is 1.88 bits per heavy atom. The Hall–Kier alpha value is -3.03. The monoisotopic (exact) mass is 357 g/mol. The zero-order valence-corrected chi connectivity index (χ0v) is 15.0. The van der Waals surface area contributed by atoms with Crippen molar-refractivity contribution in [1.29, 1.82) is 0 Å². The summed E-state index contributed by atoms with van der Waals surface area (Å²) in [6.45, 7) is 6.64. The van der Waals surface area contributed by atoms with E-state index in [0.29, 0.717) is 5.69 Å². The highest BCUT2D eigenvalue weighted by molar-refractivity contribution is 6.47. The van der Waals surface area contributed by atoms with Crippen molar-refractivity contribution in [2.45, 2.75) is 33.7 Å². The van der Waals surface area contributed by atoms with E-state index in [0.717, 1.165) is 21.0 Å². The van der Waals surface area contributed by atoms with Gasteiger partial charge in [0.1, 0.15) is 5.92 Å². The van der Waals surface area contributed by atoms with Crippen molar-refractivity contribution >= 4 is 35.1 Å². The van der Waals surface area contributed by atoms with Crippen LogP contribution in [0.2, 0.25) is 0 Å². The van der Waals surface area contributed by atoms with E-state index in [1.54, 1.807) is 26.0 Å². The maximum Gasteiger partial charge on any atom is 0.355 e. The van der Waals surface area contributed by atoms with Crippen molar-refractivity contribution < 1.29 is 23.9 Å². The zero-order valence-electron chi connectivity index (χ0n) is 15.0. The Kier molecular flexibility index (Phi) is 4.35. The molecule has 8 heteroatoms. The van der Waals surface area contributed by atoms with Crippen LogP contribution in [0.4, 0.5) is 5.69 Å². The number of ether oxygens (including phenoxy) is 1. The van der Waals surface area contributed by atoms with Gasteiger partial charge in [-0.2, -0.15) is 5.10 Å². The molecule has 0 bridgehead atoms. The molecular weight excluding hydrogens is 338 g/mol. The van der Waals surface area contributed by atoms with E-state index < -0.39 is 35.7 Å². The molecule has 2 heterocycles. The summed E-state index contributed by atoms with van der Waals surface area (Å²) in [5, 5.41) is 4.82. The molecule has 0 spiro atoms. The number of hydrazone groups is 1. The van der Waals surface area contributed by atoms with E-state index in [1.807, 2.05) is 13.0 Å². The Bertz CT molecular complexity index is 860. The number of amides is 3. The fourth-order valence-electron chi connectivity index (χ4n) is 3.34. The molecule has 0 radical (unpaired) electrons. The van der Waals surface area contributed by atoms with Crippen LogP contribution in [0.3, 0.4) is 0 Å². The van der Waals surface area contributed by atoms with Crippen LogP contribution in [0.25, 0.3) is 0 Å². The molecule has 0 N–H and O–H groups in total. The molecule has 2 aliphatic heterocycles. The number of nitrogens with zero attached hydrogens (tertiary/aromatic N) is 3. The van der Waals surface area contributed by atoms with E-state index >= 15 is 0 Å². The first-order valence-electron chi connectivity index (χ1n) is 8.28. The Morgan fingerprint density at radius 3 is 2.46 bits per heavy atom. The van der Waals surface area contributed by atoms with E-state index in [1.165, 1.54) is 6.92 Å². The Labute approximate surface area is 150 Å². The van der Waals surface area contributed by atoms with Gasteiger partial charge in [0.25, 0.3) is 5.91 Å². The van der Waals surface area contributed by atoms with Gasteiger partial charge in [-0.15, -0.1) is 0 Å². The number of hydrogen-bond acceptors (Lipinski definition) is 6. The van der Waals surface area contributed by atoms with Crippen LogP contribution in [-0.4, -0.2) is 47.1 Å². The molecule has 26 heavy (non-hydrogen) atoms. The van der Waals surface area contributed by atoms with Crippen molar-refractivity contribution in [3.63, 3.8) is 0 Å². The lowest BCUT2D eigenvalue weighted by Gasteiger charge is -2.20. The minimum Gasteiger partial charge on any atom is -0.461 e. The second kappa shape index (κ2) is 6.36. The largest absolute Gasteiger partial charge is 0.461 e. The molecule has 0 saturated carbocycles. The van der Waals surface area contributed by atoms with Crippen molar-refractivity contribution in [1.82, 2.24) is 5.01 Å². The molecule has 1 fully saturated rings. The van der Waals surface area contributed by atoms with Gasteiger partial charge >= 0.3 is 5.97 Å². The lowest BCUT2D eigenvalue weighted by Crippen LogP contribution is -2.41. The molecule has 2 aliphatic rings. The second-order valence-corrected chi connectivity index (χ2v) is 6.29. The normalized spacial score (nSPS) is 21.8. The quantitative estimate of drug-likeness (QED) is 0.593. The topological polar surface area (TPSA) is 96.3 Å². The average molecular weight is 357 g/mol. The SMILES string of the molecule is CCOC(=O)C1=NN(C(C)=O)[C@H]2C(=O)N(c3ccc(C)cc3C)C(=O)[C@@H]12. The number of anilines is 1. The first kappa shape index (κ1) is 17.8. The number of carbonyl (C=O) groups excluding carboxylic acids is 4. The molecule has 0 unspecified atom stereocenters. The number of hydrogen-bond donors (Lipinski definition) is 0. The van der Waals surface area contributed by atoms with Gasteiger partial charge in [-0.25, -0.2) is 14.7 Å². The predicted octanol–water partition coefficient (Wildman–Crippen LogP) is 0.943. The summed E-state index contributed by atoms with van der Waals surface area (Å²) in [6, 6.07) is 4.17. The van der Waals surface area contributed by atoms with Gasteiger partial charge in [-0.05, 0) is 32.4 Å². The van der Waals surface area contributed by atoms with E-state index in [-0.39, 0.29) is 12.3 Å². The number of fused-ring (bicyclic) bond motifs is 1. The lowest BCUT2D eigenvalue weighted by molar-refractivity contribution is -0.136. The van der Waals surface area contributed by atoms with Crippen molar-refractivity contribution in [2.75, 3.05) is 11.5 Å². The lowest BCUT2D eigenvalue weighted by atomic mass is 9.98. The van der Waals surface area contributed by atoms with Crippen LogP contribution in [-0.2, 0) is 23.9 Å². The van der Waals surface area contributed by atoms with Gasteiger partial charge < -0.3 is 4.74 Å². The third-order valence-electron chi connectivity index (χ3n) is 4.45. The Morgan fingerprint density at radius 1 is 1.19 bits per heavy atom. The van der Waals surface area contributed by atoms with Crippen LogP contribution in [0.5, 0.6) is 0 Å². The van der Waals surface area contributed by atoms with Gasteiger partial charge in [-0.3, -0.25) is 14.4 Å². The molecule has 0 aromatic heterocycles. The number of aryl methyl sites for hydroxylation is 2. The van der Waals surface area contributed by atoms with Crippen LogP contribution in [0.15, 0.2) is 23.3 Å². The highest BCUT2D eigenvalue weighted by Gasteiger charge is 2.59.